The van der Waals surface area contributed by atoms with Gasteiger partial charge in [0, 0.05) is 20.2 Å². The number of fused-ring (bicyclic) bond motifs is 1. The summed E-state index contributed by atoms with van der Waals surface area (Å²) in [6.07, 6.45) is -0.779. The Kier molecular flexibility index (Phi) is 4.81. The fraction of sp³-hybridized carbons (Fsp3) is 1.00. The number of hydrogen-bond donors (Lipinski definition) is 1. The van der Waals surface area contributed by atoms with Crippen LogP contribution in [0.2, 0.25) is 0 Å². The predicted molar refractivity (Wildman–Crippen MR) is 68.7 cm³/mol. The van der Waals surface area contributed by atoms with Crippen molar-refractivity contribution in [3.8, 4) is 0 Å². The molecule has 0 aromatic rings. The van der Waals surface area contributed by atoms with E-state index in [-0.39, 0.29) is 31.2 Å². The van der Waals surface area contributed by atoms with Gasteiger partial charge in [0.15, 0.2) is 12.1 Å². The van der Waals surface area contributed by atoms with Gasteiger partial charge >= 0.3 is 0 Å². The first kappa shape index (κ1) is 15.2. The first-order valence-corrected chi connectivity index (χ1v) is 6.88. The van der Waals surface area contributed by atoms with Crippen LogP contribution in [-0.4, -0.2) is 73.7 Å². The molecule has 2 aliphatic heterocycles. The molecule has 0 aliphatic carbocycles. The van der Waals surface area contributed by atoms with Gasteiger partial charge in [-0.1, -0.05) is 6.92 Å². The maximum absolute atomic E-state index is 9.05. The first-order chi connectivity index (χ1) is 9.00. The van der Waals surface area contributed by atoms with Crippen molar-refractivity contribution >= 4 is 0 Å². The van der Waals surface area contributed by atoms with Crippen molar-refractivity contribution in [2.45, 2.75) is 51.2 Å². The molecular weight excluding hydrogens is 250 g/mol. The van der Waals surface area contributed by atoms with E-state index in [1.165, 1.54) is 0 Å². The van der Waals surface area contributed by atoms with Crippen LogP contribution in [0, 0.1) is 0 Å². The van der Waals surface area contributed by atoms with Crippen LogP contribution in [0.1, 0.15) is 20.8 Å². The molecule has 0 aromatic carbocycles. The Bertz CT molecular complexity index is 299. The molecule has 0 saturated carbocycles. The van der Waals surface area contributed by atoms with Crippen LogP contribution in [0.5, 0.6) is 0 Å². The lowest BCUT2D eigenvalue weighted by Gasteiger charge is -2.27. The number of nitrogens with zero attached hydrogens (tertiary/aromatic N) is 1. The van der Waals surface area contributed by atoms with Gasteiger partial charge in [-0.25, -0.2) is 0 Å². The average molecular weight is 275 g/mol. The quantitative estimate of drug-likeness (QED) is 0.747. The highest BCUT2D eigenvalue weighted by Crippen LogP contribution is 2.39. The minimum atomic E-state index is -0.595. The number of aliphatic hydroxyl groups excluding tert-OH is 1. The molecule has 2 saturated heterocycles. The number of rotatable bonds is 6. The predicted octanol–water partition coefficient (Wildman–Crippen LogP) is 0.192. The molecule has 0 bridgehead atoms. The minimum absolute atomic E-state index is 0.0942. The van der Waals surface area contributed by atoms with Crippen LogP contribution >= 0.6 is 0 Å². The third kappa shape index (κ3) is 3.26. The molecule has 0 radical (unpaired) electrons. The number of ether oxygens (including phenoxy) is 4. The number of aliphatic hydroxyl groups is 1. The van der Waals surface area contributed by atoms with Gasteiger partial charge in [0.1, 0.15) is 18.3 Å². The molecule has 0 unspecified atom stereocenters. The van der Waals surface area contributed by atoms with Crippen LogP contribution in [0.15, 0.2) is 0 Å². The second-order valence-corrected chi connectivity index (χ2v) is 5.46. The van der Waals surface area contributed by atoms with Crippen LogP contribution < -0.4 is 0 Å². The van der Waals surface area contributed by atoms with Gasteiger partial charge in [-0.05, 0) is 20.4 Å². The molecule has 2 rings (SSSR count). The Morgan fingerprint density at radius 1 is 1.26 bits per heavy atom. The first-order valence-electron chi connectivity index (χ1n) is 6.88. The highest BCUT2D eigenvalue weighted by atomic mass is 16.8. The zero-order chi connectivity index (χ0) is 14.0. The van der Waals surface area contributed by atoms with Crippen molar-refractivity contribution in [1.82, 2.24) is 4.90 Å². The van der Waals surface area contributed by atoms with E-state index in [9.17, 15) is 0 Å². The molecule has 6 heteroatoms. The van der Waals surface area contributed by atoms with Crippen molar-refractivity contribution < 1.29 is 24.1 Å². The van der Waals surface area contributed by atoms with Crippen LogP contribution in [0.25, 0.3) is 0 Å². The average Bonchev–Trinajstić information content (AvgIpc) is 2.83. The van der Waals surface area contributed by atoms with E-state index in [1.807, 2.05) is 13.8 Å². The Labute approximate surface area is 114 Å². The minimum Gasteiger partial charge on any atom is -0.395 e. The summed E-state index contributed by atoms with van der Waals surface area (Å²) >= 11 is 0. The third-order valence-electron chi connectivity index (χ3n) is 3.64. The lowest BCUT2D eigenvalue weighted by atomic mass is 10.1. The van der Waals surface area contributed by atoms with Gasteiger partial charge in [0.25, 0.3) is 0 Å². The van der Waals surface area contributed by atoms with Crippen LogP contribution in [0.3, 0.4) is 0 Å². The fourth-order valence-electron chi connectivity index (χ4n) is 2.75. The topological polar surface area (TPSA) is 60.4 Å². The smallest absolute Gasteiger partial charge is 0.186 e. The molecule has 6 nitrogen and oxygen atoms in total. The summed E-state index contributed by atoms with van der Waals surface area (Å²) in [5, 5.41) is 9.05. The number of methoxy groups -OCH3 is 1. The van der Waals surface area contributed by atoms with Crippen molar-refractivity contribution in [1.29, 1.82) is 0 Å². The summed E-state index contributed by atoms with van der Waals surface area (Å²) in [5.41, 5.74) is 0. The molecular formula is C13H25NO5. The highest BCUT2D eigenvalue weighted by molar-refractivity contribution is 4.96. The van der Waals surface area contributed by atoms with Crippen molar-refractivity contribution in [3.63, 3.8) is 0 Å². The van der Waals surface area contributed by atoms with Gasteiger partial charge in [-0.15, -0.1) is 0 Å². The molecule has 19 heavy (non-hydrogen) atoms. The SMILES string of the molecule is CCN(CCO)C[C@@H]1O[C@@H](OC)[C@H]2OC(C)(C)O[C@@H]21. The van der Waals surface area contributed by atoms with Gasteiger partial charge in [0.2, 0.25) is 0 Å². The van der Waals surface area contributed by atoms with Crippen LogP contribution in [0.4, 0.5) is 0 Å². The summed E-state index contributed by atoms with van der Waals surface area (Å²) in [5.74, 6) is -0.595. The van der Waals surface area contributed by atoms with Gasteiger partial charge < -0.3 is 24.1 Å². The molecule has 0 aromatic heterocycles. The summed E-state index contributed by atoms with van der Waals surface area (Å²) < 4.78 is 22.9. The van der Waals surface area contributed by atoms with Crippen molar-refractivity contribution in [3.05, 3.63) is 0 Å². The molecule has 2 fully saturated rings. The number of hydrogen-bond acceptors (Lipinski definition) is 6. The summed E-state index contributed by atoms with van der Waals surface area (Å²) in [6.45, 7) is 8.21. The van der Waals surface area contributed by atoms with Crippen molar-refractivity contribution in [2.75, 3.05) is 33.4 Å². The maximum Gasteiger partial charge on any atom is 0.186 e. The third-order valence-corrected chi connectivity index (χ3v) is 3.64. The van der Waals surface area contributed by atoms with E-state index in [0.29, 0.717) is 13.1 Å². The van der Waals surface area contributed by atoms with E-state index in [2.05, 4.69) is 11.8 Å². The van der Waals surface area contributed by atoms with E-state index >= 15 is 0 Å². The second-order valence-electron chi connectivity index (χ2n) is 5.46. The van der Waals surface area contributed by atoms with E-state index in [4.69, 9.17) is 24.1 Å². The standard InChI is InChI=1S/C13H25NO5/c1-5-14(6-7-15)8-9-10-11(12(16-4)17-9)19-13(2,3)18-10/h9-12,15H,5-8H2,1-4H3/t9-,10+,11-,12+/m0/s1. The Morgan fingerprint density at radius 3 is 2.53 bits per heavy atom. The molecule has 4 atom stereocenters. The highest BCUT2D eigenvalue weighted by Gasteiger charge is 2.55. The normalized spacial score (nSPS) is 36.9. The molecule has 0 spiro atoms. The Hall–Kier alpha value is -0.240. The molecule has 0 amide bonds. The molecule has 1 N–H and O–H groups in total. The lowest BCUT2D eigenvalue weighted by molar-refractivity contribution is -0.228. The van der Waals surface area contributed by atoms with Gasteiger partial charge in [-0.3, -0.25) is 4.90 Å². The maximum atomic E-state index is 9.05. The fourth-order valence-corrected chi connectivity index (χ4v) is 2.75. The zero-order valence-electron chi connectivity index (χ0n) is 12.2. The largest absolute Gasteiger partial charge is 0.395 e. The second kappa shape index (κ2) is 6.03. The zero-order valence-corrected chi connectivity index (χ0v) is 12.2. The summed E-state index contributed by atoms with van der Waals surface area (Å²) in [4.78, 5) is 2.13. The van der Waals surface area contributed by atoms with Crippen molar-refractivity contribution in [2.24, 2.45) is 0 Å². The van der Waals surface area contributed by atoms with Gasteiger partial charge in [0.05, 0.1) is 6.61 Å². The summed E-state index contributed by atoms with van der Waals surface area (Å²) in [6, 6.07) is 0. The monoisotopic (exact) mass is 275 g/mol. The van der Waals surface area contributed by atoms with E-state index in [0.717, 1.165) is 6.54 Å². The Morgan fingerprint density at radius 2 is 1.95 bits per heavy atom. The van der Waals surface area contributed by atoms with Crippen LogP contribution in [-0.2, 0) is 18.9 Å². The van der Waals surface area contributed by atoms with E-state index < -0.39 is 5.79 Å². The lowest BCUT2D eigenvalue weighted by Crippen LogP contribution is -2.41. The number of likely N-dealkylation sites (N-methyl/N-ethyl adjacent to an activating group) is 1. The molecule has 112 valence electrons. The molecule has 2 heterocycles. The van der Waals surface area contributed by atoms with Gasteiger partial charge in [-0.2, -0.15) is 0 Å². The Balaban J connectivity index is 2.01. The van der Waals surface area contributed by atoms with E-state index in [1.54, 1.807) is 7.11 Å². The molecule has 2 aliphatic rings. The summed E-state index contributed by atoms with van der Waals surface area (Å²) in [7, 11) is 1.62.